The van der Waals surface area contributed by atoms with E-state index in [1.54, 1.807) is 13.0 Å². The van der Waals surface area contributed by atoms with Gasteiger partial charge in [0.05, 0.1) is 0 Å². The van der Waals surface area contributed by atoms with Crippen LogP contribution in [0.15, 0.2) is 18.2 Å². The van der Waals surface area contributed by atoms with E-state index in [2.05, 4.69) is 38.3 Å². The third kappa shape index (κ3) is 5.61. The molecule has 1 aromatic carbocycles. The Morgan fingerprint density at radius 3 is 2.50 bits per heavy atom. The van der Waals surface area contributed by atoms with Crippen molar-refractivity contribution >= 4 is 0 Å². The minimum absolute atomic E-state index is 0.130. The first-order chi connectivity index (χ1) is 8.28. The summed E-state index contributed by atoms with van der Waals surface area (Å²) in [5.41, 5.74) is 1.81. The van der Waals surface area contributed by atoms with Crippen LogP contribution >= 0.6 is 0 Å². The zero-order valence-electron chi connectivity index (χ0n) is 12.1. The molecule has 1 unspecified atom stereocenters. The predicted octanol–water partition coefficient (Wildman–Crippen LogP) is 3.00. The van der Waals surface area contributed by atoms with Gasteiger partial charge in [-0.3, -0.25) is 0 Å². The van der Waals surface area contributed by atoms with Gasteiger partial charge in [0.1, 0.15) is 5.82 Å². The lowest BCUT2D eigenvalue weighted by Gasteiger charge is -2.24. The molecular weight excluding hydrogens is 227 g/mol. The quantitative estimate of drug-likeness (QED) is 0.842. The summed E-state index contributed by atoms with van der Waals surface area (Å²) in [4.78, 5) is 0. The topological polar surface area (TPSA) is 24.1 Å². The van der Waals surface area contributed by atoms with Crippen molar-refractivity contribution in [1.82, 2.24) is 10.6 Å². The normalized spacial score (nSPS) is 13.7. The van der Waals surface area contributed by atoms with Crippen LogP contribution in [0, 0.1) is 12.7 Å². The lowest BCUT2D eigenvalue weighted by molar-refractivity contribution is 0.387. The average molecular weight is 252 g/mol. The Kier molecular flexibility index (Phi) is 5.29. The number of halogens is 1. The Balaban J connectivity index is 2.38. The molecule has 0 aromatic heterocycles. The summed E-state index contributed by atoms with van der Waals surface area (Å²) in [5, 5.41) is 6.83. The van der Waals surface area contributed by atoms with Gasteiger partial charge in [0, 0.05) is 24.7 Å². The number of benzene rings is 1. The molecule has 1 rings (SSSR count). The van der Waals surface area contributed by atoms with Gasteiger partial charge in [0.25, 0.3) is 0 Å². The van der Waals surface area contributed by atoms with Gasteiger partial charge in [-0.05, 0) is 51.8 Å². The standard InChI is InChI=1S/C15H25FN2/c1-11-6-7-13(8-14(11)16)10-17-12(2)9-18-15(3,4)5/h6-8,12,17-18H,9-10H2,1-5H3. The van der Waals surface area contributed by atoms with Crippen LogP contribution in [0.2, 0.25) is 0 Å². The monoisotopic (exact) mass is 252 g/mol. The van der Waals surface area contributed by atoms with Crippen LogP contribution < -0.4 is 10.6 Å². The summed E-state index contributed by atoms with van der Waals surface area (Å²) in [6.45, 7) is 12.0. The van der Waals surface area contributed by atoms with Crippen LogP contribution in [-0.2, 0) is 6.54 Å². The molecule has 0 amide bonds. The second kappa shape index (κ2) is 6.30. The first kappa shape index (κ1) is 15.1. The molecule has 0 saturated carbocycles. The third-order valence-electron chi connectivity index (χ3n) is 2.83. The van der Waals surface area contributed by atoms with E-state index in [0.29, 0.717) is 18.2 Å². The lowest BCUT2D eigenvalue weighted by Crippen LogP contribution is -2.44. The Morgan fingerprint density at radius 1 is 1.28 bits per heavy atom. The highest BCUT2D eigenvalue weighted by molar-refractivity contribution is 5.23. The molecule has 18 heavy (non-hydrogen) atoms. The van der Waals surface area contributed by atoms with Crippen molar-refractivity contribution in [1.29, 1.82) is 0 Å². The van der Waals surface area contributed by atoms with Crippen molar-refractivity contribution in [3.8, 4) is 0 Å². The fourth-order valence-corrected chi connectivity index (χ4v) is 1.57. The van der Waals surface area contributed by atoms with Gasteiger partial charge >= 0.3 is 0 Å². The van der Waals surface area contributed by atoms with Gasteiger partial charge in [0.2, 0.25) is 0 Å². The first-order valence-electron chi connectivity index (χ1n) is 6.51. The second-order valence-electron chi connectivity index (χ2n) is 6.00. The minimum atomic E-state index is -0.130. The molecule has 0 heterocycles. The van der Waals surface area contributed by atoms with E-state index in [4.69, 9.17) is 0 Å². The number of rotatable bonds is 5. The largest absolute Gasteiger partial charge is 0.311 e. The molecule has 0 bridgehead atoms. The van der Waals surface area contributed by atoms with E-state index >= 15 is 0 Å². The van der Waals surface area contributed by atoms with Gasteiger partial charge in [-0.2, -0.15) is 0 Å². The van der Waals surface area contributed by atoms with E-state index < -0.39 is 0 Å². The Labute approximate surface area is 110 Å². The van der Waals surface area contributed by atoms with E-state index in [1.807, 2.05) is 12.1 Å². The fourth-order valence-electron chi connectivity index (χ4n) is 1.57. The average Bonchev–Trinajstić information content (AvgIpc) is 2.27. The fraction of sp³-hybridized carbons (Fsp3) is 0.600. The van der Waals surface area contributed by atoms with E-state index in [0.717, 1.165) is 12.1 Å². The highest BCUT2D eigenvalue weighted by atomic mass is 19.1. The van der Waals surface area contributed by atoms with Crippen molar-refractivity contribution in [3.63, 3.8) is 0 Å². The number of aryl methyl sites for hydroxylation is 1. The maximum atomic E-state index is 13.4. The Morgan fingerprint density at radius 2 is 1.94 bits per heavy atom. The summed E-state index contributed by atoms with van der Waals surface area (Å²) in [5.74, 6) is -0.130. The van der Waals surface area contributed by atoms with Crippen molar-refractivity contribution in [2.45, 2.75) is 52.7 Å². The molecule has 2 N–H and O–H groups in total. The third-order valence-corrected chi connectivity index (χ3v) is 2.83. The molecule has 2 nitrogen and oxygen atoms in total. The zero-order valence-corrected chi connectivity index (χ0v) is 12.1. The van der Waals surface area contributed by atoms with Crippen molar-refractivity contribution < 1.29 is 4.39 Å². The van der Waals surface area contributed by atoms with Gasteiger partial charge in [-0.15, -0.1) is 0 Å². The minimum Gasteiger partial charge on any atom is -0.311 e. The molecule has 1 aromatic rings. The molecule has 0 spiro atoms. The molecule has 3 heteroatoms. The van der Waals surface area contributed by atoms with Crippen LogP contribution in [0.1, 0.15) is 38.8 Å². The van der Waals surface area contributed by atoms with Crippen LogP contribution in [-0.4, -0.2) is 18.1 Å². The Bertz CT molecular complexity index is 383. The molecule has 0 saturated heterocycles. The van der Waals surface area contributed by atoms with Crippen molar-refractivity contribution in [2.75, 3.05) is 6.54 Å². The summed E-state index contributed by atoms with van der Waals surface area (Å²) in [7, 11) is 0. The van der Waals surface area contributed by atoms with Crippen LogP contribution in [0.25, 0.3) is 0 Å². The van der Waals surface area contributed by atoms with Crippen molar-refractivity contribution in [2.24, 2.45) is 0 Å². The summed E-state index contributed by atoms with van der Waals surface area (Å²) >= 11 is 0. The molecule has 102 valence electrons. The summed E-state index contributed by atoms with van der Waals surface area (Å²) < 4.78 is 13.4. The molecule has 0 aliphatic carbocycles. The maximum absolute atomic E-state index is 13.4. The van der Waals surface area contributed by atoms with Crippen LogP contribution in [0.4, 0.5) is 4.39 Å². The lowest BCUT2D eigenvalue weighted by atomic mass is 10.1. The van der Waals surface area contributed by atoms with Gasteiger partial charge < -0.3 is 10.6 Å². The molecule has 1 atom stereocenters. The van der Waals surface area contributed by atoms with Gasteiger partial charge in [0.15, 0.2) is 0 Å². The van der Waals surface area contributed by atoms with Crippen molar-refractivity contribution in [3.05, 3.63) is 35.1 Å². The molecule has 0 aliphatic rings. The summed E-state index contributed by atoms with van der Waals surface area (Å²) in [6.07, 6.45) is 0. The highest BCUT2D eigenvalue weighted by Crippen LogP contribution is 2.09. The smallest absolute Gasteiger partial charge is 0.126 e. The predicted molar refractivity (Wildman–Crippen MR) is 75.2 cm³/mol. The molecule has 0 aliphatic heterocycles. The number of hydrogen-bond donors (Lipinski definition) is 2. The second-order valence-corrected chi connectivity index (χ2v) is 6.00. The van der Waals surface area contributed by atoms with Crippen LogP contribution in [0.5, 0.6) is 0 Å². The Hall–Kier alpha value is -0.930. The molecule has 0 fully saturated rings. The van der Waals surface area contributed by atoms with E-state index in [1.165, 1.54) is 0 Å². The molecule has 0 radical (unpaired) electrons. The van der Waals surface area contributed by atoms with E-state index in [9.17, 15) is 4.39 Å². The number of hydrogen-bond acceptors (Lipinski definition) is 2. The summed E-state index contributed by atoms with van der Waals surface area (Å²) in [6, 6.07) is 5.75. The first-order valence-corrected chi connectivity index (χ1v) is 6.51. The van der Waals surface area contributed by atoms with Gasteiger partial charge in [-0.25, -0.2) is 4.39 Å². The SMILES string of the molecule is Cc1ccc(CNC(C)CNC(C)(C)C)cc1F. The zero-order chi connectivity index (χ0) is 13.8. The van der Waals surface area contributed by atoms with Crippen LogP contribution in [0.3, 0.4) is 0 Å². The van der Waals surface area contributed by atoms with E-state index in [-0.39, 0.29) is 11.4 Å². The van der Waals surface area contributed by atoms with Gasteiger partial charge in [-0.1, -0.05) is 12.1 Å². The highest BCUT2D eigenvalue weighted by Gasteiger charge is 2.10. The molecular formula is C15H25FN2. The number of nitrogens with one attached hydrogen (secondary N) is 2. The maximum Gasteiger partial charge on any atom is 0.126 e.